The first-order valence-corrected chi connectivity index (χ1v) is 10.3. The van der Waals surface area contributed by atoms with Gasteiger partial charge in [-0.05, 0) is 42.3 Å². The van der Waals surface area contributed by atoms with Crippen LogP contribution < -0.4 is 5.32 Å². The molecule has 0 saturated carbocycles. The lowest BCUT2D eigenvalue weighted by Crippen LogP contribution is -2.33. The molecule has 148 valence electrons. The predicted molar refractivity (Wildman–Crippen MR) is 113 cm³/mol. The molecule has 4 rings (SSSR count). The number of para-hydroxylation sites is 2. The van der Waals surface area contributed by atoms with Gasteiger partial charge in [-0.3, -0.25) is 4.79 Å². The maximum atomic E-state index is 13.1. The summed E-state index contributed by atoms with van der Waals surface area (Å²) in [6.07, 6.45) is 0.182. The zero-order chi connectivity index (χ0) is 20.4. The zero-order valence-electron chi connectivity index (χ0n) is 16.1. The minimum absolute atomic E-state index is 0.111. The molecule has 0 aliphatic carbocycles. The van der Waals surface area contributed by atoms with Crippen LogP contribution in [0.15, 0.2) is 53.9 Å². The standard InChI is InChI=1S/C22H21FN4OS/c1-13(2)20(21-25-17-5-3-4-6-18(17)26-21)27-19(28)11-16-12-29-22(24-16)14-7-9-15(23)10-8-14/h3-10,12-13,20H,11H2,1-2H3,(H,25,26)(H,27,28). The van der Waals surface area contributed by atoms with Crippen LogP contribution in [0.25, 0.3) is 21.6 Å². The number of nitrogens with zero attached hydrogens (tertiary/aromatic N) is 2. The van der Waals surface area contributed by atoms with Gasteiger partial charge in [0.25, 0.3) is 0 Å². The first-order valence-electron chi connectivity index (χ1n) is 9.44. The fourth-order valence-electron chi connectivity index (χ4n) is 3.17. The Labute approximate surface area is 172 Å². The number of carbonyl (C=O) groups excluding carboxylic acids is 1. The van der Waals surface area contributed by atoms with Crippen molar-refractivity contribution in [3.8, 4) is 10.6 Å². The molecule has 1 unspecified atom stereocenters. The summed E-state index contributed by atoms with van der Waals surface area (Å²) in [5.41, 5.74) is 3.36. The second-order valence-corrected chi connectivity index (χ2v) is 8.11. The molecule has 7 heteroatoms. The normalized spacial score (nSPS) is 12.4. The summed E-state index contributed by atoms with van der Waals surface area (Å²) in [5.74, 6) is 0.528. The number of halogens is 1. The van der Waals surface area contributed by atoms with E-state index in [2.05, 4.69) is 20.3 Å². The van der Waals surface area contributed by atoms with Gasteiger partial charge in [0.2, 0.25) is 5.91 Å². The number of amides is 1. The Balaban J connectivity index is 1.47. The van der Waals surface area contributed by atoms with E-state index in [1.54, 1.807) is 12.1 Å². The number of fused-ring (bicyclic) bond motifs is 1. The van der Waals surface area contributed by atoms with Crippen molar-refractivity contribution in [3.05, 3.63) is 71.2 Å². The fourth-order valence-corrected chi connectivity index (χ4v) is 4.00. The summed E-state index contributed by atoms with van der Waals surface area (Å²) in [5, 5.41) is 5.71. The molecule has 0 fully saturated rings. The highest BCUT2D eigenvalue weighted by atomic mass is 32.1. The lowest BCUT2D eigenvalue weighted by molar-refractivity contribution is -0.121. The van der Waals surface area contributed by atoms with Crippen LogP contribution in [-0.2, 0) is 11.2 Å². The molecule has 0 spiro atoms. The number of aromatic amines is 1. The van der Waals surface area contributed by atoms with Gasteiger partial charge in [-0.2, -0.15) is 0 Å². The van der Waals surface area contributed by atoms with Crippen molar-refractivity contribution in [1.82, 2.24) is 20.3 Å². The van der Waals surface area contributed by atoms with Gasteiger partial charge in [0.1, 0.15) is 16.6 Å². The van der Waals surface area contributed by atoms with E-state index in [4.69, 9.17) is 0 Å². The summed E-state index contributed by atoms with van der Waals surface area (Å²) in [6.45, 7) is 4.10. The van der Waals surface area contributed by atoms with E-state index in [1.165, 1.54) is 23.5 Å². The molecule has 0 saturated heterocycles. The number of carbonyl (C=O) groups is 1. The number of aromatic nitrogens is 3. The molecule has 0 aliphatic rings. The Morgan fingerprint density at radius 3 is 2.62 bits per heavy atom. The molecule has 2 aromatic heterocycles. The SMILES string of the molecule is CC(C)C(NC(=O)Cc1csc(-c2ccc(F)cc2)n1)c1nc2ccccc2[nH]1. The molecule has 4 aromatic rings. The molecule has 5 nitrogen and oxygen atoms in total. The maximum absolute atomic E-state index is 13.1. The largest absolute Gasteiger partial charge is 0.346 e. The number of rotatable bonds is 6. The van der Waals surface area contributed by atoms with Crippen LogP contribution in [0.4, 0.5) is 4.39 Å². The minimum atomic E-state index is -0.282. The molecule has 1 atom stereocenters. The van der Waals surface area contributed by atoms with Crippen LogP contribution in [0.3, 0.4) is 0 Å². The topological polar surface area (TPSA) is 70.7 Å². The highest BCUT2D eigenvalue weighted by Gasteiger charge is 2.22. The second kappa shape index (κ2) is 8.13. The van der Waals surface area contributed by atoms with Crippen LogP contribution in [0.2, 0.25) is 0 Å². The number of benzene rings is 2. The lowest BCUT2D eigenvalue weighted by atomic mass is 10.0. The first-order chi connectivity index (χ1) is 14.0. The van der Waals surface area contributed by atoms with Crippen LogP contribution in [0.5, 0.6) is 0 Å². The Kier molecular flexibility index (Phi) is 5.40. The van der Waals surface area contributed by atoms with E-state index >= 15 is 0 Å². The molecular formula is C22H21FN4OS. The lowest BCUT2D eigenvalue weighted by Gasteiger charge is -2.20. The van der Waals surface area contributed by atoms with Gasteiger partial charge in [-0.1, -0.05) is 26.0 Å². The number of H-pyrrole nitrogens is 1. The third-order valence-electron chi connectivity index (χ3n) is 4.67. The van der Waals surface area contributed by atoms with E-state index in [0.29, 0.717) is 5.69 Å². The van der Waals surface area contributed by atoms with Crippen molar-refractivity contribution >= 4 is 28.3 Å². The number of nitrogens with one attached hydrogen (secondary N) is 2. The van der Waals surface area contributed by atoms with Gasteiger partial charge in [-0.25, -0.2) is 14.4 Å². The zero-order valence-corrected chi connectivity index (χ0v) is 17.0. The third kappa shape index (κ3) is 4.35. The summed E-state index contributed by atoms with van der Waals surface area (Å²) in [6, 6.07) is 13.8. The molecule has 0 radical (unpaired) electrons. The Hall–Kier alpha value is -3.06. The van der Waals surface area contributed by atoms with Crippen LogP contribution in [-0.4, -0.2) is 20.9 Å². The van der Waals surface area contributed by atoms with Crippen LogP contribution in [0.1, 0.15) is 31.4 Å². The molecule has 29 heavy (non-hydrogen) atoms. The molecule has 2 heterocycles. The fraction of sp³-hybridized carbons (Fsp3) is 0.227. The van der Waals surface area contributed by atoms with E-state index in [0.717, 1.165) is 27.4 Å². The summed E-state index contributed by atoms with van der Waals surface area (Å²) < 4.78 is 13.1. The smallest absolute Gasteiger partial charge is 0.226 e. The van der Waals surface area contributed by atoms with E-state index < -0.39 is 0 Å². The monoisotopic (exact) mass is 408 g/mol. The first kappa shape index (κ1) is 19.3. The molecule has 2 N–H and O–H groups in total. The summed E-state index contributed by atoms with van der Waals surface area (Å²) in [7, 11) is 0. The van der Waals surface area contributed by atoms with Crippen LogP contribution in [0, 0.1) is 11.7 Å². The Morgan fingerprint density at radius 1 is 1.14 bits per heavy atom. The van der Waals surface area contributed by atoms with E-state index in [1.807, 2.05) is 43.5 Å². The highest BCUT2D eigenvalue weighted by Crippen LogP contribution is 2.25. The van der Waals surface area contributed by atoms with Crippen LogP contribution >= 0.6 is 11.3 Å². The van der Waals surface area contributed by atoms with E-state index in [-0.39, 0.29) is 30.1 Å². The molecule has 2 aromatic carbocycles. The van der Waals surface area contributed by atoms with Gasteiger partial charge >= 0.3 is 0 Å². The van der Waals surface area contributed by atoms with Gasteiger partial charge in [0.15, 0.2) is 0 Å². The van der Waals surface area contributed by atoms with Gasteiger partial charge in [0.05, 0.1) is 29.2 Å². The average molecular weight is 409 g/mol. The van der Waals surface area contributed by atoms with Gasteiger partial charge in [0, 0.05) is 10.9 Å². The van der Waals surface area contributed by atoms with Gasteiger partial charge < -0.3 is 10.3 Å². The summed E-state index contributed by atoms with van der Waals surface area (Å²) >= 11 is 1.44. The second-order valence-electron chi connectivity index (χ2n) is 7.26. The Bertz CT molecular complexity index is 1100. The molecular weight excluding hydrogens is 387 g/mol. The molecule has 1 amide bonds. The van der Waals surface area contributed by atoms with Crippen molar-refractivity contribution in [2.45, 2.75) is 26.3 Å². The predicted octanol–water partition coefficient (Wildman–Crippen LogP) is 4.88. The third-order valence-corrected chi connectivity index (χ3v) is 5.61. The van der Waals surface area contributed by atoms with Crippen molar-refractivity contribution in [2.75, 3.05) is 0 Å². The number of hydrogen-bond acceptors (Lipinski definition) is 4. The Morgan fingerprint density at radius 2 is 1.90 bits per heavy atom. The van der Waals surface area contributed by atoms with E-state index in [9.17, 15) is 9.18 Å². The van der Waals surface area contributed by atoms with Crippen molar-refractivity contribution in [3.63, 3.8) is 0 Å². The number of hydrogen-bond donors (Lipinski definition) is 2. The highest BCUT2D eigenvalue weighted by molar-refractivity contribution is 7.13. The average Bonchev–Trinajstić information content (AvgIpc) is 3.33. The van der Waals surface area contributed by atoms with Crippen molar-refractivity contribution in [1.29, 1.82) is 0 Å². The van der Waals surface area contributed by atoms with Gasteiger partial charge in [-0.15, -0.1) is 11.3 Å². The quantitative estimate of drug-likeness (QED) is 0.478. The molecule has 0 bridgehead atoms. The number of imidazole rings is 1. The maximum Gasteiger partial charge on any atom is 0.226 e. The van der Waals surface area contributed by atoms with Crippen molar-refractivity contribution < 1.29 is 9.18 Å². The molecule has 0 aliphatic heterocycles. The summed E-state index contributed by atoms with van der Waals surface area (Å²) in [4.78, 5) is 25.1. The van der Waals surface area contributed by atoms with Crippen molar-refractivity contribution in [2.24, 2.45) is 5.92 Å². The minimum Gasteiger partial charge on any atom is -0.346 e. The number of thiazole rings is 1.